The van der Waals surface area contributed by atoms with Crippen molar-refractivity contribution in [3.05, 3.63) is 74.3 Å². The van der Waals surface area contributed by atoms with E-state index in [2.05, 4.69) is 15.3 Å². The Morgan fingerprint density at radius 1 is 1.32 bits per heavy atom. The zero-order valence-corrected chi connectivity index (χ0v) is 21.9. The van der Waals surface area contributed by atoms with Gasteiger partial charge in [-0.25, -0.2) is 9.97 Å². The molecule has 198 valence electrons. The molecule has 2 heterocycles. The van der Waals surface area contributed by atoms with Gasteiger partial charge in [0, 0.05) is 34.7 Å². The number of thiophene rings is 1. The van der Waals surface area contributed by atoms with Crippen LogP contribution in [0.25, 0.3) is 0 Å². The number of carbonyl (C=O) groups excluding carboxylic acids is 1. The van der Waals surface area contributed by atoms with Crippen molar-refractivity contribution in [1.29, 1.82) is 0 Å². The summed E-state index contributed by atoms with van der Waals surface area (Å²) in [7, 11) is -2.78. The normalized spacial score (nSPS) is 20.6. The third kappa shape index (κ3) is 6.33. The minimum Gasteiger partial charge on any atom is -0.391 e. The first kappa shape index (κ1) is 27.5. The molecule has 4 rings (SSSR count). The van der Waals surface area contributed by atoms with E-state index in [-0.39, 0.29) is 35.7 Å². The summed E-state index contributed by atoms with van der Waals surface area (Å²) < 4.78 is 30.4. The molecule has 1 aliphatic rings. The average Bonchev–Trinajstić information content (AvgIpc) is 3.46. The monoisotopic (exact) mass is 568 g/mol. The summed E-state index contributed by atoms with van der Waals surface area (Å²) in [5, 5.41) is 34.5. The number of rotatable bonds is 10. The Morgan fingerprint density at radius 3 is 2.81 bits per heavy atom. The molecule has 0 saturated heterocycles. The fourth-order valence-corrected chi connectivity index (χ4v) is 5.95. The zero-order valence-electron chi connectivity index (χ0n) is 19.5. The van der Waals surface area contributed by atoms with Gasteiger partial charge in [0.15, 0.2) is 0 Å². The molecule has 1 fully saturated rings. The van der Waals surface area contributed by atoms with E-state index in [0.29, 0.717) is 21.0 Å². The number of halogens is 1. The zero-order chi connectivity index (χ0) is 26.7. The standard InChI is InChI=1S/C23H25ClN4O7S2/c1-25-37(33,34)35-18-7-14(6-17(18)30)28-23-16(9-26-11-27-23)22(32)19-8-15(20(10-29)36-19)21(31)12-3-2-4-13(24)5-12/h2-5,8-9,11,14,17-18,21,25,29-31H,6-7,10H2,1H3,(H,26,27,28)/t14-,17+,18-,21+/m1/s1. The van der Waals surface area contributed by atoms with Gasteiger partial charge in [-0.15, -0.1) is 11.3 Å². The number of benzene rings is 1. The van der Waals surface area contributed by atoms with Crippen molar-refractivity contribution in [3.63, 3.8) is 0 Å². The number of aliphatic hydroxyl groups is 3. The number of carbonyl (C=O) groups is 1. The van der Waals surface area contributed by atoms with Crippen LogP contribution in [-0.2, 0) is 21.1 Å². The molecular weight excluding hydrogens is 544 g/mol. The molecule has 0 unspecified atom stereocenters. The van der Waals surface area contributed by atoms with Crippen molar-refractivity contribution < 1.29 is 32.7 Å². The minimum absolute atomic E-state index is 0.138. The maximum Gasteiger partial charge on any atom is 0.335 e. The SMILES string of the molecule is CNS(=O)(=O)O[C@@H]1C[C@H](Nc2ncncc2C(=O)c2cc([C@@H](O)c3cccc(Cl)c3)c(CO)s2)C[C@@H]1O. The van der Waals surface area contributed by atoms with E-state index in [1.165, 1.54) is 25.6 Å². The maximum absolute atomic E-state index is 13.4. The highest BCUT2D eigenvalue weighted by molar-refractivity contribution is 7.84. The first-order valence-electron chi connectivity index (χ1n) is 11.2. The van der Waals surface area contributed by atoms with Gasteiger partial charge in [0.05, 0.1) is 23.2 Å². The number of anilines is 1. The van der Waals surface area contributed by atoms with E-state index in [9.17, 15) is 28.5 Å². The predicted molar refractivity (Wildman–Crippen MR) is 137 cm³/mol. The molecule has 1 aromatic carbocycles. The van der Waals surface area contributed by atoms with Gasteiger partial charge in [0.1, 0.15) is 24.4 Å². The number of aromatic nitrogens is 2. The van der Waals surface area contributed by atoms with Gasteiger partial charge in [-0.2, -0.15) is 13.1 Å². The molecule has 11 nitrogen and oxygen atoms in total. The van der Waals surface area contributed by atoms with Gasteiger partial charge in [-0.05, 0) is 36.6 Å². The van der Waals surface area contributed by atoms with Crippen LogP contribution in [-0.4, -0.2) is 64.8 Å². The van der Waals surface area contributed by atoms with E-state index in [1.54, 1.807) is 24.3 Å². The van der Waals surface area contributed by atoms with Crippen LogP contribution in [0, 0.1) is 0 Å². The van der Waals surface area contributed by atoms with E-state index in [4.69, 9.17) is 15.8 Å². The second kappa shape index (κ2) is 11.5. The molecule has 4 atom stereocenters. The molecule has 0 radical (unpaired) electrons. The van der Waals surface area contributed by atoms with Crippen molar-refractivity contribution in [2.45, 2.75) is 43.8 Å². The van der Waals surface area contributed by atoms with Gasteiger partial charge >= 0.3 is 10.3 Å². The van der Waals surface area contributed by atoms with Gasteiger partial charge in [-0.3, -0.25) is 8.98 Å². The summed E-state index contributed by atoms with van der Waals surface area (Å²) in [5.41, 5.74) is 1.04. The molecule has 1 saturated carbocycles. The Balaban J connectivity index is 1.56. The molecule has 14 heteroatoms. The quantitative estimate of drug-likeness (QED) is 0.227. The summed E-state index contributed by atoms with van der Waals surface area (Å²) in [6, 6.07) is 7.76. The summed E-state index contributed by atoms with van der Waals surface area (Å²) >= 11 is 7.08. The lowest BCUT2D eigenvalue weighted by Gasteiger charge is -2.15. The highest BCUT2D eigenvalue weighted by Crippen LogP contribution is 2.34. The first-order chi connectivity index (χ1) is 17.6. The summed E-state index contributed by atoms with van der Waals surface area (Å²) in [6.07, 6.45) is -0.180. The Bertz CT molecular complexity index is 1380. The molecule has 1 aliphatic carbocycles. The number of hydrogen-bond acceptors (Lipinski definition) is 11. The van der Waals surface area contributed by atoms with Crippen LogP contribution in [0.4, 0.5) is 5.82 Å². The largest absolute Gasteiger partial charge is 0.391 e. The van der Waals surface area contributed by atoms with E-state index < -0.39 is 40.4 Å². The fraction of sp³-hybridized carbons (Fsp3) is 0.348. The van der Waals surface area contributed by atoms with Crippen molar-refractivity contribution in [2.75, 3.05) is 12.4 Å². The van der Waals surface area contributed by atoms with Gasteiger partial charge < -0.3 is 20.6 Å². The molecule has 0 amide bonds. The first-order valence-corrected chi connectivity index (χ1v) is 13.8. The maximum atomic E-state index is 13.4. The second-order valence-corrected chi connectivity index (χ2v) is 11.5. The number of aliphatic hydroxyl groups excluding tert-OH is 3. The lowest BCUT2D eigenvalue weighted by atomic mass is 10.0. The van der Waals surface area contributed by atoms with Crippen LogP contribution in [0.3, 0.4) is 0 Å². The van der Waals surface area contributed by atoms with Gasteiger partial charge in [-0.1, -0.05) is 23.7 Å². The van der Waals surface area contributed by atoms with Gasteiger partial charge in [0.25, 0.3) is 0 Å². The van der Waals surface area contributed by atoms with Crippen molar-refractivity contribution >= 4 is 44.8 Å². The molecule has 0 aliphatic heterocycles. The fourth-order valence-electron chi connectivity index (χ4n) is 4.11. The molecule has 0 bridgehead atoms. The highest BCUT2D eigenvalue weighted by Gasteiger charge is 2.37. The van der Waals surface area contributed by atoms with Crippen LogP contribution in [0.2, 0.25) is 5.02 Å². The lowest BCUT2D eigenvalue weighted by molar-refractivity contribution is 0.0636. The Labute approximate surface area is 222 Å². The second-order valence-electron chi connectivity index (χ2n) is 8.39. The summed E-state index contributed by atoms with van der Waals surface area (Å²) in [4.78, 5) is 22.2. The third-order valence-corrected chi connectivity index (χ3v) is 8.31. The Hall–Kier alpha value is -2.49. The van der Waals surface area contributed by atoms with Crippen LogP contribution >= 0.6 is 22.9 Å². The molecular formula is C23H25ClN4O7S2. The highest BCUT2D eigenvalue weighted by atomic mass is 35.5. The van der Waals surface area contributed by atoms with Crippen LogP contribution in [0.5, 0.6) is 0 Å². The predicted octanol–water partition coefficient (Wildman–Crippen LogP) is 1.78. The van der Waals surface area contributed by atoms with Crippen molar-refractivity contribution in [3.8, 4) is 0 Å². The minimum atomic E-state index is -3.99. The average molecular weight is 569 g/mol. The van der Waals surface area contributed by atoms with E-state index in [0.717, 1.165) is 11.3 Å². The van der Waals surface area contributed by atoms with Crippen LogP contribution < -0.4 is 10.0 Å². The number of hydrogen-bond donors (Lipinski definition) is 5. The third-order valence-electron chi connectivity index (χ3n) is 5.94. The summed E-state index contributed by atoms with van der Waals surface area (Å²) in [5.74, 6) is -0.235. The van der Waals surface area contributed by atoms with Crippen molar-refractivity contribution in [1.82, 2.24) is 14.7 Å². The molecule has 2 aromatic heterocycles. The van der Waals surface area contributed by atoms with Crippen molar-refractivity contribution in [2.24, 2.45) is 0 Å². The number of nitrogens with one attached hydrogen (secondary N) is 2. The molecule has 0 spiro atoms. The Kier molecular flexibility index (Phi) is 8.56. The van der Waals surface area contributed by atoms with Gasteiger partial charge in [0.2, 0.25) is 5.78 Å². The number of nitrogens with zero attached hydrogens (tertiary/aromatic N) is 2. The van der Waals surface area contributed by atoms with E-state index >= 15 is 0 Å². The lowest BCUT2D eigenvalue weighted by Crippen LogP contribution is -2.31. The molecule has 37 heavy (non-hydrogen) atoms. The topological polar surface area (TPSA) is 171 Å². The van der Waals surface area contributed by atoms with Crippen LogP contribution in [0.15, 0.2) is 42.9 Å². The summed E-state index contributed by atoms with van der Waals surface area (Å²) in [6.45, 7) is -0.377. The number of ketones is 1. The Morgan fingerprint density at radius 2 is 2.11 bits per heavy atom. The molecule has 5 N–H and O–H groups in total. The smallest absolute Gasteiger partial charge is 0.335 e. The van der Waals surface area contributed by atoms with Crippen LogP contribution in [0.1, 0.15) is 50.2 Å². The van der Waals surface area contributed by atoms with E-state index in [1.807, 2.05) is 4.72 Å². The molecule has 3 aromatic rings.